The van der Waals surface area contributed by atoms with Crippen LogP contribution in [0.5, 0.6) is 0 Å². The number of ether oxygens (including phenoxy) is 1. The normalized spacial score (nSPS) is 16.8. The Kier molecular flexibility index (Phi) is 4.84. The Bertz CT molecular complexity index is 423. The molecule has 0 unspecified atom stereocenters. The monoisotopic (exact) mass is 264 g/mol. The molecule has 1 aromatic rings. The van der Waals surface area contributed by atoms with Crippen molar-refractivity contribution < 1.29 is 9.53 Å². The van der Waals surface area contributed by atoms with E-state index < -0.39 is 0 Å². The van der Waals surface area contributed by atoms with Gasteiger partial charge in [0.25, 0.3) is 0 Å². The summed E-state index contributed by atoms with van der Waals surface area (Å²) in [6.45, 7) is 5.81. The lowest BCUT2D eigenvalue weighted by molar-refractivity contribution is 0.0988. The number of hydrogen-bond donors (Lipinski definition) is 0. The number of aryl methyl sites for hydroxylation is 2. The minimum atomic E-state index is 0.245. The van der Waals surface area contributed by atoms with Crippen molar-refractivity contribution in [3.8, 4) is 0 Å². The van der Waals surface area contributed by atoms with Crippen LogP contribution in [0.2, 0.25) is 0 Å². The van der Waals surface area contributed by atoms with Crippen molar-refractivity contribution in [1.82, 2.24) is 0 Å². The summed E-state index contributed by atoms with van der Waals surface area (Å²) >= 11 is 1.78. The van der Waals surface area contributed by atoms with Gasteiger partial charge in [0.2, 0.25) is 0 Å². The Morgan fingerprint density at radius 2 is 2.00 bits per heavy atom. The van der Waals surface area contributed by atoms with Crippen LogP contribution in [0, 0.1) is 13.8 Å². The highest BCUT2D eigenvalue weighted by atomic mass is 32.2. The first-order chi connectivity index (χ1) is 8.66. The minimum Gasteiger partial charge on any atom is -0.381 e. The zero-order chi connectivity index (χ0) is 13.0. The highest BCUT2D eigenvalue weighted by Gasteiger charge is 2.16. The molecule has 0 radical (unpaired) electrons. The van der Waals surface area contributed by atoms with Crippen LogP contribution in [-0.4, -0.2) is 30.0 Å². The smallest absolute Gasteiger partial charge is 0.172 e. The van der Waals surface area contributed by atoms with E-state index in [4.69, 9.17) is 4.74 Å². The Morgan fingerprint density at radius 1 is 1.28 bits per heavy atom. The maximum absolute atomic E-state index is 12.1. The van der Waals surface area contributed by atoms with Crippen LogP contribution in [0.1, 0.15) is 34.3 Å². The zero-order valence-corrected chi connectivity index (χ0v) is 11.9. The van der Waals surface area contributed by atoms with Gasteiger partial charge >= 0.3 is 0 Å². The number of hydrogen-bond acceptors (Lipinski definition) is 3. The standard InChI is InChI=1S/C15H20O2S/c1-11-3-4-13(9-12(11)2)15(16)10-18-14-5-7-17-8-6-14/h3-4,9,14H,5-8,10H2,1-2H3. The predicted octanol–water partition coefficient (Wildman–Crippen LogP) is 3.40. The minimum absolute atomic E-state index is 0.245. The Labute approximate surface area is 113 Å². The molecule has 1 aromatic carbocycles. The molecule has 0 amide bonds. The molecule has 2 nitrogen and oxygen atoms in total. The molecule has 0 aromatic heterocycles. The van der Waals surface area contributed by atoms with Gasteiger partial charge in [-0.2, -0.15) is 11.8 Å². The first kappa shape index (κ1) is 13.6. The summed E-state index contributed by atoms with van der Waals surface area (Å²) in [6.07, 6.45) is 2.15. The fourth-order valence-corrected chi connectivity index (χ4v) is 3.11. The van der Waals surface area contributed by atoms with Gasteiger partial charge < -0.3 is 4.74 Å². The molecule has 0 spiro atoms. The van der Waals surface area contributed by atoms with Gasteiger partial charge in [0.05, 0.1) is 5.75 Å². The molecule has 1 aliphatic rings. The number of carbonyl (C=O) groups excluding carboxylic acids is 1. The number of rotatable bonds is 4. The second-order valence-electron chi connectivity index (χ2n) is 4.84. The molecule has 18 heavy (non-hydrogen) atoms. The first-order valence-corrected chi connectivity index (χ1v) is 7.51. The highest BCUT2D eigenvalue weighted by molar-refractivity contribution is 8.00. The van der Waals surface area contributed by atoms with Crippen molar-refractivity contribution in [3.05, 3.63) is 34.9 Å². The maximum Gasteiger partial charge on any atom is 0.172 e. The van der Waals surface area contributed by atoms with Crippen molar-refractivity contribution in [2.75, 3.05) is 19.0 Å². The van der Waals surface area contributed by atoms with Gasteiger partial charge in [-0.05, 0) is 43.9 Å². The highest BCUT2D eigenvalue weighted by Crippen LogP contribution is 2.23. The Morgan fingerprint density at radius 3 is 2.67 bits per heavy atom. The van der Waals surface area contributed by atoms with Gasteiger partial charge in [-0.25, -0.2) is 0 Å². The van der Waals surface area contributed by atoms with Gasteiger partial charge in [0.1, 0.15) is 0 Å². The fourth-order valence-electron chi connectivity index (χ4n) is 2.03. The van der Waals surface area contributed by atoms with Crippen molar-refractivity contribution in [2.24, 2.45) is 0 Å². The van der Waals surface area contributed by atoms with Gasteiger partial charge in [0, 0.05) is 24.0 Å². The van der Waals surface area contributed by atoms with Gasteiger partial charge in [-0.15, -0.1) is 0 Å². The summed E-state index contributed by atoms with van der Waals surface area (Å²) in [4.78, 5) is 12.1. The third-order valence-electron chi connectivity index (χ3n) is 3.45. The molecule has 0 atom stereocenters. The quantitative estimate of drug-likeness (QED) is 0.780. The molecule has 2 rings (SSSR count). The number of carbonyl (C=O) groups is 1. The molecule has 1 saturated heterocycles. The summed E-state index contributed by atoms with van der Waals surface area (Å²) in [7, 11) is 0. The van der Waals surface area contributed by atoms with Crippen molar-refractivity contribution in [2.45, 2.75) is 31.9 Å². The molecule has 0 bridgehead atoms. The second-order valence-corrected chi connectivity index (χ2v) is 6.13. The molecule has 98 valence electrons. The molecular formula is C15H20O2S. The van der Waals surface area contributed by atoms with E-state index in [-0.39, 0.29) is 5.78 Å². The van der Waals surface area contributed by atoms with Crippen LogP contribution in [0.15, 0.2) is 18.2 Å². The lowest BCUT2D eigenvalue weighted by atomic mass is 10.0. The predicted molar refractivity (Wildman–Crippen MR) is 76.5 cm³/mol. The largest absolute Gasteiger partial charge is 0.381 e. The van der Waals surface area contributed by atoms with Crippen molar-refractivity contribution in [1.29, 1.82) is 0 Å². The number of Topliss-reactive ketones (excluding diaryl/α,β-unsaturated/α-hetero) is 1. The summed E-state index contributed by atoms with van der Waals surface area (Å²) in [5.74, 6) is 0.835. The number of benzene rings is 1. The summed E-state index contributed by atoms with van der Waals surface area (Å²) < 4.78 is 5.32. The van der Waals surface area contributed by atoms with Gasteiger partial charge in [-0.3, -0.25) is 4.79 Å². The van der Waals surface area contributed by atoms with E-state index in [1.165, 1.54) is 11.1 Å². The lowest BCUT2D eigenvalue weighted by Gasteiger charge is -2.21. The Balaban J connectivity index is 1.88. The van der Waals surface area contributed by atoms with Crippen LogP contribution in [0.4, 0.5) is 0 Å². The van der Waals surface area contributed by atoms with E-state index in [0.717, 1.165) is 31.6 Å². The number of ketones is 1. The van der Waals surface area contributed by atoms with Crippen molar-refractivity contribution in [3.63, 3.8) is 0 Å². The lowest BCUT2D eigenvalue weighted by Crippen LogP contribution is -2.19. The first-order valence-electron chi connectivity index (χ1n) is 6.46. The molecule has 1 heterocycles. The van der Waals surface area contributed by atoms with Crippen LogP contribution in [-0.2, 0) is 4.74 Å². The van der Waals surface area contributed by atoms with Gasteiger partial charge in [-0.1, -0.05) is 12.1 Å². The van der Waals surface area contributed by atoms with E-state index in [0.29, 0.717) is 11.0 Å². The van der Waals surface area contributed by atoms with Crippen LogP contribution >= 0.6 is 11.8 Å². The number of thioether (sulfide) groups is 1. The van der Waals surface area contributed by atoms with E-state index in [2.05, 4.69) is 13.8 Å². The average molecular weight is 264 g/mol. The maximum atomic E-state index is 12.1. The molecule has 0 aliphatic carbocycles. The van der Waals surface area contributed by atoms with Crippen LogP contribution in [0.25, 0.3) is 0 Å². The summed E-state index contributed by atoms with van der Waals surface area (Å²) in [6, 6.07) is 5.97. The fraction of sp³-hybridized carbons (Fsp3) is 0.533. The van der Waals surface area contributed by atoms with E-state index in [1.807, 2.05) is 18.2 Å². The third-order valence-corrected chi connectivity index (χ3v) is 4.82. The average Bonchev–Trinajstić information content (AvgIpc) is 2.40. The zero-order valence-electron chi connectivity index (χ0n) is 11.1. The molecule has 3 heteroatoms. The van der Waals surface area contributed by atoms with E-state index in [1.54, 1.807) is 11.8 Å². The van der Waals surface area contributed by atoms with E-state index >= 15 is 0 Å². The van der Waals surface area contributed by atoms with Gasteiger partial charge in [0.15, 0.2) is 5.78 Å². The second kappa shape index (κ2) is 6.39. The molecule has 0 N–H and O–H groups in total. The molecule has 1 fully saturated rings. The SMILES string of the molecule is Cc1ccc(C(=O)CSC2CCOCC2)cc1C. The third kappa shape index (κ3) is 3.59. The topological polar surface area (TPSA) is 26.3 Å². The van der Waals surface area contributed by atoms with E-state index in [9.17, 15) is 4.79 Å². The van der Waals surface area contributed by atoms with Crippen molar-refractivity contribution >= 4 is 17.5 Å². The van der Waals surface area contributed by atoms with Crippen LogP contribution in [0.3, 0.4) is 0 Å². The van der Waals surface area contributed by atoms with Crippen LogP contribution < -0.4 is 0 Å². The summed E-state index contributed by atoms with van der Waals surface area (Å²) in [5.41, 5.74) is 3.28. The molecule has 0 saturated carbocycles. The molecule has 1 aliphatic heterocycles. The Hall–Kier alpha value is -0.800. The summed E-state index contributed by atoms with van der Waals surface area (Å²) in [5, 5.41) is 0.592. The molecular weight excluding hydrogens is 244 g/mol.